The molecule has 0 spiro atoms. The van der Waals surface area contributed by atoms with E-state index in [0.29, 0.717) is 10.7 Å². The molecular weight excluding hydrogens is 274 g/mol. The van der Waals surface area contributed by atoms with Crippen molar-refractivity contribution in [2.75, 3.05) is 0 Å². The Balaban J connectivity index is 2.12. The third-order valence-corrected chi connectivity index (χ3v) is 4.01. The number of cyclic esters (lactones) is 1. The van der Waals surface area contributed by atoms with Crippen LogP contribution in [-0.4, -0.2) is 12.2 Å². The van der Waals surface area contributed by atoms with E-state index in [1.165, 1.54) is 5.56 Å². The smallest absolute Gasteiger partial charge is 0.412 e. The van der Waals surface area contributed by atoms with Gasteiger partial charge < -0.3 is 4.74 Å². The van der Waals surface area contributed by atoms with Crippen LogP contribution < -0.4 is 5.32 Å². The van der Waals surface area contributed by atoms with Crippen molar-refractivity contribution in [3.63, 3.8) is 0 Å². The van der Waals surface area contributed by atoms with Crippen molar-refractivity contribution in [3.8, 4) is 0 Å². The normalized spacial score (nSPS) is 21.4. The topological polar surface area (TPSA) is 38.3 Å². The SMILES string of the molecule is CC(C)(C)/C(Cl)=C1/NC(=O)OC1CCc1ccccc1. The van der Waals surface area contributed by atoms with Crippen molar-refractivity contribution in [2.45, 2.75) is 39.7 Å². The van der Waals surface area contributed by atoms with Gasteiger partial charge in [-0.2, -0.15) is 0 Å². The Morgan fingerprint density at radius 2 is 1.95 bits per heavy atom. The predicted octanol–water partition coefficient (Wildman–Crippen LogP) is 4.22. The number of amides is 1. The zero-order valence-corrected chi connectivity index (χ0v) is 12.8. The van der Waals surface area contributed by atoms with Crippen LogP contribution >= 0.6 is 11.6 Å². The van der Waals surface area contributed by atoms with Crippen LogP contribution in [-0.2, 0) is 11.2 Å². The maximum atomic E-state index is 11.5. The minimum Gasteiger partial charge on any atom is -0.440 e. The van der Waals surface area contributed by atoms with Gasteiger partial charge in [0, 0.05) is 5.03 Å². The Labute approximate surface area is 125 Å². The van der Waals surface area contributed by atoms with Crippen LogP contribution in [0.3, 0.4) is 0 Å². The van der Waals surface area contributed by atoms with Crippen LogP contribution in [0.4, 0.5) is 4.79 Å². The van der Waals surface area contributed by atoms with Gasteiger partial charge in [-0.3, -0.25) is 5.32 Å². The predicted molar refractivity (Wildman–Crippen MR) is 80.5 cm³/mol. The van der Waals surface area contributed by atoms with Crippen LogP contribution in [0, 0.1) is 5.41 Å². The minimum atomic E-state index is -0.416. The number of hydrogen-bond donors (Lipinski definition) is 1. The molecule has 1 fully saturated rings. The number of benzene rings is 1. The average molecular weight is 294 g/mol. The summed E-state index contributed by atoms with van der Waals surface area (Å²) in [6, 6.07) is 10.1. The monoisotopic (exact) mass is 293 g/mol. The maximum absolute atomic E-state index is 11.5. The van der Waals surface area contributed by atoms with Gasteiger partial charge in [-0.15, -0.1) is 0 Å². The second-order valence-electron chi connectivity index (χ2n) is 6.02. The van der Waals surface area contributed by atoms with E-state index in [-0.39, 0.29) is 11.5 Å². The fraction of sp³-hybridized carbons (Fsp3) is 0.438. The number of allylic oxidation sites excluding steroid dienone is 1. The highest BCUT2D eigenvalue weighted by Crippen LogP contribution is 2.34. The van der Waals surface area contributed by atoms with Gasteiger partial charge in [-0.1, -0.05) is 62.7 Å². The van der Waals surface area contributed by atoms with Crippen molar-refractivity contribution >= 4 is 17.7 Å². The molecule has 1 aromatic rings. The van der Waals surface area contributed by atoms with Gasteiger partial charge in [-0.05, 0) is 23.8 Å². The Bertz CT molecular complexity index is 517. The van der Waals surface area contributed by atoms with E-state index in [1.54, 1.807) is 0 Å². The summed E-state index contributed by atoms with van der Waals surface area (Å²) in [5.41, 5.74) is 1.73. The molecule has 1 amide bonds. The molecule has 1 saturated heterocycles. The number of carbonyl (C=O) groups is 1. The summed E-state index contributed by atoms with van der Waals surface area (Å²) in [5, 5.41) is 3.39. The highest BCUT2D eigenvalue weighted by Gasteiger charge is 2.33. The molecule has 0 radical (unpaired) electrons. The molecule has 0 aromatic heterocycles. The summed E-state index contributed by atoms with van der Waals surface area (Å²) in [6.07, 6.45) is 0.873. The summed E-state index contributed by atoms with van der Waals surface area (Å²) in [7, 11) is 0. The lowest BCUT2D eigenvalue weighted by Crippen LogP contribution is -2.20. The van der Waals surface area contributed by atoms with E-state index in [2.05, 4.69) is 17.4 Å². The quantitative estimate of drug-likeness (QED) is 0.906. The molecule has 4 heteroatoms. The van der Waals surface area contributed by atoms with Crippen LogP contribution in [0.15, 0.2) is 41.1 Å². The molecule has 1 heterocycles. The van der Waals surface area contributed by atoms with E-state index in [1.807, 2.05) is 39.0 Å². The molecule has 1 unspecified atom stereocenters. The molecule has 1 atom stereocenters. The lowest BCUT2D eigenvalue weighted by atomic mass is 9.92. The number of rotatable bonds is 3. The summed E-state index contributed by atoms with van der Waals surface area (Å²) in [4.78, 5) is 11.5. The van der Waals surface area contributed by atoms with Crippen molar-refractivity contribution in [1.29, 1.82) is 0 Å². The van der Waals surface area contributed by atoms with Gasteiger partial charge in [0.2, 0.25) is 0 Å². The highest BCUT2D eigenvalue weighted by molar-refractivity contribution is 6.30. The molecule has 3 nitrogen and oxygen atoms in total. The fourth-order valence-electron chi connectivity index (χ4n) is 2.15. The molecule has 1 aliphatic heterocycles. The van der Waals surface area contributed by atoms with Crippen molar-refractivity contribution < 1.29 is 9.53 Å². The first-order valence-electron chi connectivity index (χ1n) is 6.79. The Morgan fingerprint density at radius 3 is 2.55 bits per heavy atom. The Kier molecular flexibility index (Phi) is 4.39. The number of ether oxygens (including phenoxy) is 1. The van der Waals surface area contributed by atoms with Gasteiger partial charge in [0.1, 0.15) is 6.10 Å². The Hall–Kier alpha value is -1.48. The van der Waals surface area contributed by atoms with Gasteiger partial charge in [-0.25, -0.2) is 4.79 Å². The summed E-state index contributed by atoms with van der Waals surface area (Å²) >= 11 is 6.39. The third kappa shape index (κ3) is 3.54. The standard InChI is InChI=1S/C16H20ClNO2/c1-16(2,3)14(17)13-12(20-15(19)18-13)10-9-11-7-5-4-6-8-11/h4-8,12H,9-10H2,1-3H3,(H,18,19)/b14-13-. The number of hydrogen-bond acceptors (Lipinski definition) is 2. The van der Waals surface area contributed by atoms with Gasteiger partial charge in [0.25, 0.3) is 0 Å². The van der Waals surface area contributed by atoms with E-state index < -0.39 is 6.09 Å². The third-order valence-electron chi connectivity index (χ3n) is 3.24. The van der Waals surface area contributed by atoms with Crippen molar-refractivity contribution in [3.05, 3.63) is 46.6 Å². The molecule has 20 heavy (non-hydrogen) atoms. The first-order chi connectivity index (χ1) is 9.38. The van der Waals surface area contributed by atoms with Crippen LogP contribution in [0.25, 0.3) is 0 Å². The van der Waals surface area contributed by atoms with Crippen molar-refractivity contribution in [2.24, 2.45) is 5.41 Å². The minimum absolute atomic E-state index is 0.205. The molecule has 1 N–H and O–H groups in total. The second kappa shape index (κ2) is 5.88. The zero-order chi connectivity index (χ0) is 14.8. The lowest BCUT2D eigenvalue weighted by Gasteiger charge is -2.21. The summed E-state index contributed by atoms with van der Waals surface area (Å²) in [5.74, 6) is 0. The highest BCUT2D eigenvalue weighted by atomic mass is 35.5. The second-order valence-corrected chi connectivity index (χ2v) is 6.40. The van der Waals surface area contributed by atoms with Gasteiger partial charge in [0.05, 0.1) is 5.70 Å². The number of carbonyl (C=O) groups excluding carboxylic acids is 1. The fourth-order valence-corrected chi connectivity index (χ4v) is 2.32. The van der Waals surface area contributed by atoms with Crippen LogP contribution in [0.1, 0.15) is 32.8 Å². The number of alkyl carbamates (subject to hydrolysis) is 1. The van der Waals surface area contributed by atoms with Gasteiger partial charge in [0.15, 0.2) is 0 Å². The van der Waals surface area contributed by atoms with E-state index >= 15 is 0 Å². The molecule has 0 aliphatic carbocycles. The molecule has 1 aliphatic rings. The van der Waals surface area contributed by atoms with E-state index in [0.717, 1.165) is 12.8 Å². The first-order valence-corrected chi connectivity index (χ1v) is 7.17. The number of aryl methyl sites for hydroxylation is 1. The molecular formula is C16H20ClNO2. The number of nitrogens with one attached hydrogen (secondary N) is 1. The first kappa shape index (κ1) is 14.9. The van der Waals surface area contributed by atoms with Crippen molar-refractivity contribution in [1.82, 2.24) is 5.32 Å². The van der Waals surface area contributed by atoms with E-state index in [9.17, 15) is 4.79 Å². The Morgan fingerprint density at radius 1 is 1.30 bits per heavy atom. The largest absolute Gasteiger partial charge is 0.440 e. The summed E-state index contributed by atoms with van der Waals surface area (Å²) in [6.45, 7) is 6.04. The van der Waals surface area contributed by atoms with Crippen LogP contribution in [0.5, 0.6) is 0 Å². The molecule has 1 aromatic carbocycles. The molecule has 0 saturated carbocycles. The van der Waals surface area contributed by atoms with E-state index in [4.69, 9.17) is 16.3 Å². The average Bonchev–Trinajstić information content (AvgIpc) is 2.76. The molecule has 0 bridgehead atoms. The molecule has 108 valence electrons. The maximum Gasteiger partial charge on any atom is 0.412 e. The van der Waals surface area contributed by atoms with Gasteiger partial charge >= 0.3 is 6.09 Å². The molecule has 2 rings (SSSR count). The number of halogens is 1. The van der Waals surface area contributed by atoms with Crippen LogP contribution in [0.2, 0.25) is 0 Å². The zero-order valence-electron chi connectivity index (χ0n) is 12.1. The lowest BCUT2D eigenvalue weighted by molar-refractivity contribution is 0.140. The summed E-state index contributed by atoms with van der Waals surface area (Å²) < 4.78 is 5.32.